The van der Waals surface area contributed by atoms with Crippen LogP contribution in [0.25, 0.3) is 0 Å². The molecule has 1 saturated heterocycles. The summed E-state index contributed by atoms with van der Waals surface area (Å²) in [5.41, 5.74) is 0. The van der Waals surface area contributed by atoms with Gasteiger partial charge in [-0.25, -0.2) is 9.79 Å². The van der Waals surface area contributed by atoms with Crippen LogP contribution in [0.2, 0.25) is 0 Å². The van der Waals surface area contributed by atoms with Gasteiger partial charge in [-0.05, 0) is 33.1 Å². The number of hydrogen-bond donors (Lipinski definition) is 3. The first-order valence-corrected chi connectivity index (χ1v) is 8.68. The number of guanidine groups is 1. The normalized spacial score (nSPS) is 21.0. The van der Waals surface area contributed by atoms with Crippen molar-refractivity contribution < 1.29 is 9.59 Å². The molecule has 2 rings (SSSR count). The quantitative estimate of drug-likeness (QED) is 0.485. The van der Waals surface area contributed by atoms with Crippen molar-refractivity contribution in [2.75, 3.05) is 33.7 Å². The maximum atomic E-state index is 11.9. The van der Waals surface area contributed by atoms with E-state index < -0.39 is 0 Å². The van der Waals surface area contributed by atoms with E-state index in [0.717, 1.165) is 31.8 Å². The lowest BCUT2D eigenvalue weighted by atomic mass is 10.3. The molecule has 1 saturated carbocycles. The van der Waals surface area contributed by atoms with E-state index in [0.29, 0.717) is 12.6 Å². The molecule has 1 unspecified atom stereocenters. The van der Waals surface area contributed by atoms with Crippen molar-refractivity contribution in [1.82, 2.24) is 25.8 Å². The van der Waals surface area contributed by atoms with Crippen LogP contribution in [0.3, 0.4) is 0 Å². The summed E-state index contributed by atoms with van der Waals surface area (Å²) >= 11 is 0. The Morgan fingerprint density at radius 1 is 1.17 bits per heavy atom. The third kappa shape index (κ3) is 5.90. The van der Waals surface area contributed by atoms with Gasteiger partial charge in [-0.15, -0.1) is 0 Å². The summed E-state index contributed by atoms with van der Waals surface area (Å²) in [6, 6.07) is 0.609. The van der Waals surface area contributed by atoms with Gasteiger partial charge in [0.15, 0.2) is 5.96 Å². The Morgan fingerprint density at radius 3 is 2.42 bits per heavy atom. The molecule has 2 fully saturated rings. The highest BCUT2D eigenvalue weighted by Crippen LogP contribution is 2.18. The lowest BCUT2D eigenvalue weighted by molar-refractivity contribution is -0.127. The highest BCUT2D eigenvalue weighted by atomic mass is 16.2. The monoisotopic (exact) mass is 338 g/mol. The average molecular weight is 338 g/mol. The summed E-state index contributed by atoms with van der Waals surface area (Å²) in [4.78, 5) is 31.7. The predicted octanol–water partition coefficient (Wildman–Crippen LogP) is -0.0355. The first-order chi connectivity index (χ1) is 11.3. The first kappa shape index (κ1) is 18.4. The van der Waals surface area contributed by atoms with Crippen LogP contribution in [-0.4, -0.2) is 79.6 Å². The number of nitrogens with zero attached hydrogens (tertiary/aromatic N) is 3. The Bertz CT molecular complexity index is 487. The molecule has 1 atom stereocenters. The van der Waals surface area contributed by atoms with Gasteiger partial charge in [-0.1, -0.05) is 0 Å². The standard InChI is InChI=1S/C16H30N6O2/c1-11(2)18-15(17-9-14(23)21(3)4)22-8-7-13(10-22)20-16(24)19-12-5-6-12/h11-13H,5-10H2,1-4H3,(H,17,18)(H2,19,20,24). The molecule has 0 aromatic rings. The van der Waals surface area contributed by atoms with E-state index in [1.165, 1.54) is 4.90 Å². The van der Waals surface area contributed by atoms with Gasteiger partial charge in [-0.2, -0.15) is 0 Å². The first-order valence-electron chi connectivity index (χ1n) is 8.68. The summed E-state index contributed by atoms with van der Waals surface area (Å²) < 4.78 is 0. The van der Waals surface area contributed by atoms with Crippen LogP contribution in [0.5, 0.6) is 0 Å². The van der Waals surface area contributed by atoms with Gasteiger partial charge < -0.3 is 25.8 Å². The number of urea groups is 1. The SMILES string of the molecule is CC(C)NC(=NCC(=O)N(C)C)N1CCC(NC(=O)NC2CC2)C1. The van der Waals surface area contributed by atoms with Crippen LogP contribution in [-0.2, 0) is 4.79 Å². The minimum atomic E-state index is -0.0811. The topological polar surface area (TPSA) is 89.1 Å². The van der Waals surface area contributed by atoms with Gasteiger partial charge in [0.1, 0.15) is 6.54 Å². The second kappa shape index (κ2) is 8.21. The van der Waals surface area contributed by atoms with Crippen LogP contribution < -0.4 is 16.0 Å². The van der Waals surface area contributed by atoms with Crippen LogP contribution in [0.4, 0.5) is 4.79 Å². The van der Waals surface area contributed by atoms with Crippen LogP contribution >= 0.6 is 0 Å². The average Bonchev–Trinajstić information content (AvgIpc) is 3.18. The molecule has 0 aromatic carbocycles. The fraction of sp³-hybridized carbons (Fsp3) is 0.812. The Kier molecular flexibility index (Phi) is 6.28. The number of carbonyl (C=O) groups is 2. The summed E-state index contributed by atoms with van der Waals surface area (Å²) in [5, 5.41) is 9.28. The zero-order chi connectivity index (χ0) is 17.7. The highest BCUT2D eigenvalue weighted by molar-refractivity contribution is 5.85. The number of rotatable bonds is 5. The van der Waals surface area contributed by atoms with Crippen molar-refractivity contribution in [1.29, 1.82) is 0 Å². The highest BCUT2D eigenvalue weighted by Gasteiger charge is 2.29. The largest absolute Gasteiger partial charge is 0.354 e. The van der Waals surface area contributed by atoms with Gasteiger partial charge in [0, 0.05) is 45.3 Å². The molecule has 3 N–H and O–H groups in total. The third-order valence-electron chi connectivity index (χ3n) is 4.02. The maximum Gasteiger partial charge on any atom is 0.315 e. The Morgan fingerprint density at radius 2 is 1.83 bits per heavy atom. The van der Waals surface area contributed by atoms with Crippen LogP contribution in [0.1, 0.15) is 33.1 Å². The molecule has 0 aromatic heterocycles. The van der Waals surface area contributed by atoms with Gasteiger partial charge in [-0.3, -0.25) is 4.79 Å². The minimum Gasteiger partial charge on any atom is -0.354 e. The summed E-state index contributed by atoms with van der Waals surface area (Å²) in [7, 11) is 3.45. The number of amides is 3. The van der Waals surface area contributed by atoms with E-state index in [4.69, 9.17) is 0 Å². The molecule has 0 bridgehead atoms. The molecule has 8 heteroatoms. The zero-order valence-corrected chi connectivity index (χ0v) is 15.1. The Labute approximate surface area is 144 Å². The second-order valence-corrected chi connectivity index (χ2v) is 7.05. The molecule has 2 aliphatic rings. The second-order valence-electron chi connectivity index (χ2n) is 7.05. The smallest absolute Gasteiger partial charge is 0.315 e. The lowest BCUT2D eigenvalue weighted by Gasteiger charge is -2.24. The number of hydrogen-bond acceptors (Lipinski definition) is 3. The van der Waals surface area contributed by atoms with E-state index in [-0.39, 0.29) is 30.6 Å². The number of likely N-dealkylation sites (N-methyl/N-ethyl adjacent to an activating group) is 1. The molecular weight excluding hydrogens is 308 g/mol. The number of likely N-dealkylation sites (tertiary alicyclic amines) is 1. The van der Waals surface area contributed by atoms with Gasteiger partial charge in [0.25, 0.3) is 0 Å². The molecule has 1 aliphatic heterocycles. The fourth-order valence-electron chi connectivity index (χ4n) is 2.49. The maximum absolute atomic E-state index is 11.9. The summed E-state index contributed by atoms with van der Waals surface area (Å²) in [6.45, 7) is 5.71. The van der Waals surface area contributed by atoms with Crippen molar-refractivity contribution in [3.8, 4) is 0 Å². The molecule has 8 nitrogen and oxygen atoms in total. The number of nitrogens with one attached hydrogen (secondary N) is 3. The van der Waals surface area contributed by atoms with E-state index in [1.54, 1.807) is 14.1 Å². The molecule has 24 heavy (non-hydrogen) atoms. The molecule has 0 radical (unpaired) electrons. The molecule has 1 heterocycles. The van der Waals surface area contributed by atoms with Crippen LogP contribution in [0.15, 0.2) is 4.99 Å². The third-order valence-corrected chi connectivity index (χ3v) is 4.02. The van der Waals surface area contributed by atoms with Gasteiger partial charge in [0.05, 0.1) is 0 Å². The molecule has 1 aliphatic carbocycles. The van der Waals surface area contributed by atoms with Crippen molar-refractivity contribution in [3.05, 3.63) is 0 Å². The molecule has 3 amide bonds. The van der Waals surface area contributed by atoms with E-state index >= 15 is 0 Å². The van der Waals surface area contributed by atoms with Crippen molar-refractivity contribution in [2.45, 2.75) is 51.2 Å². The molecule has 136 valence electrons. The predicted molar refractivity (Wildman–Crippen MR) is 93.9 cm³/mol. The summed E-state index contributed by atoms with van der Waals surface area (Å²) in [6.07, 6.45) is 3.04. The van der Waals surface area contributed by atoms with E-state index in [2.05, 4.69) is 25.8 Å². The lowest BCUT2D eigenvalue weighted by Crippen LogP contribution is -2.47. The van der Waals surface area contributed by atoms with E-state index in [1.807, 2.05) is 13.8 Å². The Hall–Kier alpha value is -1.99. The van der Waals surface area contributed by atoms with Gasteiger partial charge in [0.2, 0.25) is 5.91 Å². The number of carbonyl (C=O) groups excluding carboxylic acids is 2. The Balaban J connectivity index is 1.88. The summed E-state index contributed by atoms with van der Waals surface area (Å²) in [5.74, 6) is 0.697. The van der Waals surface area contributed by atoms with Crippen molar-refractivity contribution >= 4 is 17.9 Å². The molecular formula is C16H30N6O2. The van der Waals surface area contributed by atoms with Gasteiger partial charge >= 0.3 is 6.03 Å². The van der Waals surface area contributed by atoms with E-state index in [9.17, 15) is 9.59 Å². The minimum absolute atomic E-state index is 0.0317. The zero-order valence-electron chi connectivity index (χ0n) is 15.1. The molecule has 0 spiro atoms. The van der Waals surface area contributed by atoms with Crippen LogP contribution in [0, 0.1) is 0 Å². The van der Waals surface area contributed by atoms with Crippen molar-refractivity contribution in [2.24, 2.45) is 4.99 Å². The number of aliphatic imine (C=N–C) groups is 1. The fourth-order valence-corrected chi connectivity index (χ4v) is 2.49. The van der Waals surface area contributed by atoms with Crippen molar-refractivity contribution in [3.63, 3.8) is 0 Å².